The van der Waals surface area contributed by atoms with Crippen LogP contribution in [0.15, 0.2) is 30.5 Å². The highest BCUT2D eigenvalue weighted by atomic mass is 16.1. The molecule has 2 aromatic heterocycles. The lowest BCUT2D eigenvalue weighted by Gasteiger charge is -2.33. The summed E-state index contributed by atoms with van der Waals surface area (Å²) in [5.41, 5.74) is 2.43. The van der Waals surface area contributed by atoms with Gasteiger partial charge in [-0.25, -0.2) is 0 Å². The van der Waals surface area contributed by atoms with Crippen LogP contribution in [0.5, 0.6) is 0 Å². The fourth-order valence-electron chi connectivity index (χ4n) is 4.44. The van der Waals surface area contributed by atoms with Crippen molar-refractivity contribution in [1.29, 1.82) is 0 Å². The van der Waals surface area contributed by atoms with E-state index >= 15 is 0 Å². The third kappa shape index (κ3) is 4.56. The minimum atomic E-state index is 0.0548. The van der Waals surface area contributed by atoms with Crippen molar-refractivity contribution in [1.82, 2.24) is 25.1 Å². The van der Waals surface area contributed by atoms with E-state index in [1.165, 1.54) is 10.9 Å². The topological polar surface area (TPSA) is 80.9 Å². The van der Waals surface area contributed by atoms with Crippen molar-refractivity contribution in [3.63, 3.8) is 0 Å². The summed E-state index contributed by atoms with van der Waals surface area (Å²) in [7, 11) is 0. The quantitative estimate of drug-likeness (QED) is 0.528. The van der Waals surface area contributed by atoms with Crippen molar-refractivity contribution < 1.29 is 4.79 Å². The summed E-state index contributed by atoms with van der Waals surface area (Å²) < 4.78 is 0. The number of benzene rings is 1. The molecule has 2 N–H and O–H groups in total. The van der Waals surface area contributed by atoms with Gasteiger partial charge in [-0.05, 0) is 36.9 Å². The summed E-state index contributed by atoms with van der Waals surface area (Å²) in [5, 5.41) is 8.47. The number of carbonyl (C=O) groups is 1. The van der Waals surface area contributed by atoms with Gasteiger partial charge in [0.05, 0.1) is 0 Å². The monoisotopic (exact) mass is 408 g/mol. The van der Waals surface area contributed by atoms with E-state index in [0.29, 0.717) is 24.1 Å². The fourth-order valence-corrected chi connectivity index (χ4v) is 4.44. The number of nitrogens with zero attached hydrogens (tertiary/aromatic N) is 4. The predicted octanol–water partition coefficient (Wildman–Crippen LogP) is 3.66. The molecule has 0 spiro atoms. The minimum absolute atomic E-state index is 0.0548. The van der Waals surface area contributed by atoms with Gasteiger partial charge >= 0.3 is 0 Å². The van der Waals surface area contributed by atoms with Crippen molar-refractivity contribution >= 4 is 22.6 Å². The zero-order valence-corrected chi connectivity index (χ0v) is 18.0. The molecule has 4 rings (SSSR count). The number of aromatic amines is 2. The highest BCUT2D eigenvalue weighted by Gasteiger charge is 2.23. The summed E-state index contributed by atoms with van der Waals surface area (Å²) >= 11 is 0. The first-order valence-electron chi connectivity index (χ1n) is 11.2. The Balaban J connectivity index is 1.40. The molecule has 3 heterocycles. The van der Waals surface area contributed by atoms with Gasteiger partial charge in [-0.3, -0.25) is 9.89 Å². The molecule has 1 aromatic carbocycles. The van der Waals surface area contributed by atoms with Crippen molar-refractivity contribution in [3.8, 4) is 0 Å². The highest BCUT2D eigenvalue weighted by Crippen LogP contribution is 2.25. The first kappa shape index (κ1) is 20.6. The van der Waals surface area contributed by atoms with Crippen LogP contribution in [0.2, 0.25) is 0 Å². The number of aromatic nitrogens is 4. The number of rotatable bonds is 9. The smallest absolute Gasteiger partial charge is 0.245 e. The van der Waals surface area contributed by atoms with E-state index in [2.05, 4.69) is 68.2 Å². The van der Waals surface area contributed by atoms with E-state index in [-0.39, 0.29) is 5.78 Å². The molecule has 1 saturated heterocycles. The average molecular weight is 409 g/mol. The first-order valence-corrected chi connectivity index (χ1v) is 11.2. The van der Waals surface area contributed by atoms with Crippen LogP contribution in [0, 0.1) is 5.92 Å². The Kier molecular flexibility index (Phi) is 6.47. The Morgan fingerprint density at radius 2 is 1.97 bits per heavy atom. The SMILES string of the molecule is CCCC(CC(=O)c1nc(N2CCN(CC)CC2)n[nH]1)Cc1c[nH]c2ccccc12. The minimum Gasteiger partial charge on any atom is -0.361 e. The maximum atomic E-state index is 12.9. The number of fused-ring (bicyclic) bond motifs is 1. The van der Waals surface area contributed by atoms with Gasteiger partial charge in [-0.1, -0.05) is 38.5 Å². The lowest BCUT2D eigenvalue weighted by molar-refractivity contribution is 0.0949. The Bertz CT molecular complexity index is 969. The lowest BCUT2D eigenvalue weighted by Crippen LogP contribution is -2.46. The van der Waals surface area contributed by atoms with Gasteiger partial charge in [0.2, 0.25) is 5.95 Å². The van der Waals surface area contributed by atoms with Gasteiger partial charge in [-0.15, -0.1) is 5.10 Å². The number of piperazine rings is 1. The van der Waals surface area contributed by atoms with Crippen LogP contribution < -0.4 is 4.90 Å². The first-order chi connectivity index (χ1) is 14.7. The summed E-state index contributed by atoms with van der Waals surface area (Å²) in [4.78, 5) is 25.4. The Morgan fingerprint density at radius 3 is 2.73 bits per heavy atom. The highest BCUT2D eigenvalue weighted by molar-refractivity contribution is 5.93. The molecule has 1 aliphatic rings. The number of carbonyl (C=O) groups excluding carboxylic acids is 1. The van der Waals surface area contributed by atoms with Gasteiger partial charge in [0.1, 0.15) is 0 Å². The van der Waals surface area contributed by atoms with Crippen LogP contribution in [0.4, 0.5) is 5.95 Å². The lowest BCUT2D eigenvalue weighted by atomic mass is 9.90. The van der Waals surface area contributed by atoms with Crippen LogP contribution >= 0.6 is 0 Å². The van der Waals surface area contributed by atoms with Crippen LogP contribution in [0.3, 0.4) is 0 Å². The Labute approximate surface area is 177 Å². The van der Waals surface area contributed by atoms with Crippen molar-refractivity contribution in [2.45, 2.75) is 39.5 Å². The normalized spacial score (nSPS) is 16.3. The van der Waals surface area contributed by atoms with Crippen molar-refractivity contribution in [2.75, 3.05) is 37.6 Å². The maximum Gasteiger partial charge on any atom is 0.245 e. The van der Waals surface area contributed by atoms with Crippen LogP contribution in [0.1, 0.15) is 49.3 Å². The molecule has 160 valence electrons. The summed E-state index contributed by atoms with van der Waals surface area (Å²) in [6.45, 7) is 9.25. The molecule has 3 aromatic rings. The van der Waals surface area contributed by atoms with Crippen molar-refractivity contribution in [2.24, 2.45) is 5.92 Å². The molecule has 1 atom stereocenters. The molecule has 7 heteroatoms. The zero-order chi connectivity index (χ0) is 20.9. The molecular formula is C23H32N6O. The second-order valence-electron chi connectivity index (χ2n) is 8.25. The summed E-state index contributed by atoms with van der Waals surface area (Å²) in [6, 6.07) is 8.34. The number of hydrogen-bond donors (Lipinski definition) is 2. The summed E-state index contributed by atoms with van der Waals surface area (Å²) in [6.07, 6.45) is 5.55. The van der Waals surface area contributed by atoms with E-state index < -0.39 is 0 Å². The number of anilines is 1. The molecule has 7 nitrogen and oxygen atoms in total. The largest absolute Gasteiger partial charge is 0.361 e. The number of nitrogens with one attached hydrogen (secondary N) is 2. The number of H-pyrrole nitrogens is 2. The average Bonchev–Trinajstić information content (AvgIpc) is 3.42. The van der Waals surface area contributed by atoms with E-state index in [0.717, 1.165) is 57.5 Å². The Morgan fingerprint density at radius 1 is 1.17 bits per heavy atom. The molecule has 0 bridgehead atoms. The van der Waals surface area contributed by atoms with E-state index in [9.17, 15) is 4.79 Å². The van der Waals surface area contributed by atoms with Gasteiger partial charge in [0.25, 0.3) is 0 Å². The van der Waals surface area contributed by atoms with E-state index in [4.69, 9.17) is 0 Å². The van der Waals surface area contributed by atoms with Gasteiger partial charge in [0.15, 0.2) is 11.6 Å². The van der Waals surface area contributed by atoms with E-state index in [1.54, 1.807) is 0 Å². The standard InChI is InChI=1S/C23H32N6O/c1-3-7-17(14-18-16-24-20-9-6-5-8-19(18)20)15-21(30)22-25-23(27-26-22)29-12-10-28(4-2)11-13-29/h5-6,8-9,16-17,24H,3-4,7,10-15H2,1-2H3,(H,25,26,27). The zero-order valence-electron chi connectivity index (χ0n) is 18.0. The fraction of sp³-hybridized carbons (Fsp3) is 0.522. The summed E-state index contributed by atoms with van der Waals surface area (Å²) in [5.74, 6) is 1.39. The molecule has 1 fully saturated rings. The number of Topliss-reactive ketones (excluding diaryl/α,β-unsaturated/α-hetero) is 1. The second kappa shape index (κ2) is 9.43. The van der Waals surface area contributed by atoms with Crippen molar-refractivity contribution in [3.05, 3.63) is 41.9 Å². The molecular weight excluding hydrogens is 376 g/mol. The van der Waals surface area contributed by atoms with Gasteiger partial charge in [0, 0.05) is 49.7 Å². The number of para-hydroxylation sites is 1. The molecule has 0 aliphatic carbocycles. The van der Waals surface area contributed by atoms with E-state index in [1.807, 2.05) is 6.07 Å². The molecule has 1 aliphatic heterocycles. The molecule has 0 amide bonds. The molecule has 1 unspecified atom stereocenters. The van der Waals surface area contributed by atoms with Gasteiger partial charge in [-0.2, -0.15) is 4.98 Å². The molecule has 0 radical (unpaired) electrons. The van der Waals surface area contributed by atoms with Gasteiger partial charge < -0.3 is 14.8 Å². The van der Waals surface area contributed by atoms with Crippen LogP contribution in [0.25, 0.3) is 10.9 Å². The molecule has 30 heavy (non-hydrogen) atoms. The second-order valence-corrected chi connectivity index (χ2v) is 8.25. The Hall–Kier alpha value is -2.67. The number of hydrogen-bond acceptors (Lipinski definition) is 5. The predicted molar refractivity (Wildman–Crippen MR) is 120 cm³/mol. The third-order valence-electron chi connectivity index (χ3n) is 6.19. The third-order valence-corrected chi connectivity index (χ3v) is 6.19. The molecule has 0 saturated carbocycles. The maximum absolute atomic E-state index is 12.9. The number of likely N-dealkylation sites (N-methyl/N-ethyl adjacent to an activating group) is 1. The van der Waals surface area contributed by atoms with Crippen LogP contribution in [-0.4, -0.2) is 63.6 Å². The number of ketones is 1. The van der Waals surface area contributed by atoms with Crippen LogP contribution in [-0.2, 0) is 6.42 Å².